The number of aliphatic hydroxyl groups is 1. The van der Waals surface area contributed by atoms with Gasteiger partial charge >= 0.3 is 6.03 Å². The van der Waals surface area contributed by atoms with Crippen LogP contribution in [0.2, 0.25) is 0 Å². The van der Waals surface area contributed by atoms with Crippen molar-refractivity contribution in [2.24, 2.45) is 0 Å². The van der Waals surface area contributed by atoms with Gasteiger partial charge in [-0.25, -0.2) is 9.78 Å². The van der Waals surface area contributed by atoms with Crippen LogP contribution < -0.4 is 20.3 Å². The standard InChI is InChI=1S/C15H14N4O5.C10H11NO2/c20-6-7-1-4-12(21)19(7)11-3-2-9-8(16-11)5-10(24-9)13-14(22)18-15(23)17-13;1-11-6-7-3-4-8(13-2)5-9(7)10(11)12/h2-3,5,7,13,20H,1,4,6H2,(H2,17,18,22,23);3-5H,6H2,1-2H3. The Balaban J connectivity index is 0.000000182. The third-order valence-electron chi connectivity index (χ3n) is 6.52. The van der Waals surface area contributed by atoms with Crippen molar-refractivity contribution in [2.75, 3.05) is 25.7 Å². The third kappa shape index (κ3) is 4.47. The first-order valence-electron chi connectivity index (χ1n) is 11.7. The number of furan rings is 1. The Morgan fingerprint density at radius 1 is 1.16 bits per heavy atom. The summed E-state index contributed by atoms with van der Waals surface area (Å²) in [4.78, 5) is 54.1. The number of pyridine rings is 1. The number of rotatable bonds is 4. The molecule has 0 saturated carbocycles. The summed E-state index contributed by atoms with van der Waals surface area (Å²) in [5, 5.41) is 14.0. The highest BCUT2D eigenvalue weighted by atomic mass is 16.5. The Kier molecular flexibility index (Phi) is 6.25. The minimum atomic E-state index is -0.895. The van der Waals surface area contributed by atoms with E-state index in [-0.39, 0.29) is 30.2 Å². The molecule has 2 saturated heterocycles. The molecule has 0 radical (unpaired) electrons. The van der Waals surface area contributed by atoms with Crippen molar-refractivity contribution < 1.29 is 33.4 Å². The van der Waals surface area contributed by atoms with Gasteiger partial charge in [-0.05, 0) is 36.2 Å². The monoisotopic (exact) mass is 507 g/mol. The Morgan fingerprint density at radius 2 is 1.97 bits per heavy atom. The van der Waals surface area contributed by atoms with Crippen LogP contribution in [-0.4, -0.2) is 65.5 Å². The topological polar surface area (TPSA) is 154 Å². The fourth-order valence-electron chi connectivity index (χ4n) is 4.61. The average molecular weight is 508 g/mol. The number of carbonyl (C=O) groups excluding carboxylic acids is 4. The van der Waals surface area contributed by atoms with E-state index >= 15 is 0 Å². The maximum absolute atomic E-state index is 12.0. The van der Waals surface area contributed by atoms with Gasteiger partial charge in [-0.1, -0.05) is 6.07 Å². The summed E-state index contributed by atoms with van der Waals surface area (Å²) < 4.78 is 10.6. The Morgan fingerprint density at radius 3 is 2.68 bits per heavy atom. The van der Waals surface area contributed by atoms with Gasteiger partial charge in [0, 0.05) is 31.6 Å². The van der Waals surface area contributed by atoms with Gasteiger partial charge in [0.1, 0.15) is 22.8 Å². The number of imide groups is 1. The highest BCUT2D eigenvalue weighted by molar-refractivity contribution is 6.04. The fourth-order valence-corrected chi connectivity index (χ4v) is 4.61. The molecule has 2 fully saturated rings. The number of aliphatic hydroxyl groups excluding tert-OH is 1. The molecule has 3 aromatic rings. The normalized spacial score (nSPS) is 20.6. The van der Waals surface area contributed by atoms with Crippen LogP contribution in [0.3, 0.4) is 0 Å². The van der Waals surface area contributed by atoms with Gasteiger partial charge in [-0.3, -0.25) is 24.6 Å². The molecule has 1 aromatic carbocycles. The maximum atomic E-state index is 12.0. The largest absolute Gasteiger partial charge is 0.497 e. The molecule has 3 N–H and O–H groups in total. The molecule has 5 amide bonds. The summed E-state index contributed by atoms with van der Waals surface area (Å²) in [5.41, 5.74) is 2.75. The minimum Gasteiger partial charge on any atom is -0.497 e. The number of fused-ring (bicyclic) bond motifs is 2. The molecule has 2 atom stereocenters. The van der Waals surface area contributed by atoms with Crippen LogP contribution in [0.15, 0.2) is 40.8 Å². The van der Waals surface area contributed by atoms with E-state index in [2.05, 4.69) is 15.6 Å². The molecule has 2 unspecified atom stereocenters. The van der Waals surface area contributed by atoms with Crippen LogP contribution in [0.1, 0.15) is 40.6 Å². The highest BCUT2D eigenvalue weighted by Crippen LogP contribution is 2.30. The number of hydrogen-bond donors (Lipinski definition) is 3. The predicted octanol–water partition coefficient (Wildman–Crippen LogP) is 1.48. The van der Waals surface area contributed by atoms with Crippen LogP contribution >= 0.6 is 0 Å². The van der Waals surface area contributed by atoms with Crippen LogP contribution in [0, 0.1) is 0 Å². The van der Waals surface area contributed by atoms with E-state index in [1.54, 1.807) is 43.3 Å². The minimum absolute atomic E-state index is 0.0777. The van der Waals surface area contributed by atoms with Gasteiger partial charge in [0.15, 0.2) is 11.6 Å². The lowest BCUT2D eigenvalue weighted by molar-refractivity contribution is -0.120. The van der Waals surface area contributed by atoms with Crippen molar-refractivity contribution in [1.82, 2.24) is 20.5 Å². The summed E-state index contributed by atoms with van der Waals surface area (Å²) >= 11 is 0. The molecule has 0 spiro atoms. The molecule has 12 heteroatoms. The number of methoxy groups -OCH3 is 1. The smallest absolute Gasteiger partial charge is 0.322 e. The number of hydrogen-bond acceptors (Lipinski definition) is 8. The maximum Gasteiger partial charge on any atom is 0.322 e. The van der Waals surface area contributed by atoms with Gasteiger partial charge in [-0.2, -0.15) is 0 Å². The van der Waals surface area contributed by atoms with Gasteiger partial charge in [0.05, 0.1) is 19.8 Å². The van der Waals surface area contributed by atoms with Gasteiger partial charge in [0.25, 0.3) is 11.8 Å². The lowest BCUT2D eigenvalue weighted by Gasteiger charge is -2.21. The summed E-state index contributed by atoms with van der Waals surface area (Å²) in [6.45, 7) is 0.578. The quantitative estimate of drug-likeness (QED) is 0.449. The zero-order valence-corrected chi connectivity index (χ0v) is 20.2. The number of benzene rings is 1. The number of nitrogens with one attached hydrogen (secondary N) is 2. The Hall–Kier alpha value is -4.45. The molecule has 3 aliphatic rings. The number of ether oxygens (including phenoxy) is 1. The molecule has 6 rings (SSSR count). The van der Waals surface area contributed by atoms with E-state index < -0.39 is 18.0 Å². The van der Waals surface area contributed by atoms with Crippen molar-refractivity contribution in [2.45, 2.75) is 31.5 Å². The first-order valence-corrected chi connectivity index (χ1v) is 11.7. The van der Waals surface area contributed by atoms with Crippen LogP contribution in [0.5, 0.6) is 5.75 Å². The van der Waals surface area contributed by atoms with Gasteiger partial charge in [-0.15, -0.1) is 0 Å². The number of nitrogens with zero attached hydrogens (tertiary/aromatic N) is 3. The van der Waals surface area contributed by atoms with Crippen molar-refractivity contribution in [1.29, 1.82) is 0 Å². The molecular formula is C25H25N5O7. The van der Waals surface area contributed by atoms with Crippen molar-refractivity contribution in [3.8, 4) is 5.75 Å². The molecule has 0 bridgehead atoms. The first kappa shape index (κ1) is 24.3. The second kappa shape index (κ2) is 9.54. The van der Waals surface area contributed by atoms with Crippen LogP contribution in [0.25, 0.3) is 11.1 Å². The zero-order valence-electron chi connectivity index (χ0n) is 20.2. The van der Waals surface area contributed by atoms with Crippen LogP contribution in [0.4, 0.5) is 10.6 Å². The molecule has 192 valence electrons. The lowest BCUT2D eigenvalue weighted by Crippen LogP contribution is -2.35. The van der Waals surface area contributed by atoms with Crippen molar-refractivity contribution >= 4 is 40.7 Å². The van der Waals surface area contributed by atoms with E-state index in [4.69, 9.17) is 9.15 Å². The number of carbonyl (C=O) groups is 4. The van der Waals surface area contributed by atoms with E-state index in [0.717, 1.165) is 16.9 Å². The van der Waals surface area contributed by atoms with Crippen molar-refractivity contribution in [3.63, 3.8) is 0 Å². The van der Waals surface area contributed by atoms with E-state index in [1.807, 2.05) is 12.1 Å². The average Bonchev–Trinajstić information content (AvgIpc) is 3.63. The van der Waals surface area contributed by atoms with Gasteiger partial charge in [0.2, 0.25) is 5.91 Å². The predicted molar refractivity (Wildman–Crippen MR) is 130 cm³/mol. The molecule has 5 heterocycles. The zero-order chi connectivity index (χ0) is 26.3. The second-order valence-corrected chi connectivity index (χ2v) is 8.92. The fraction of sp³-hybridized carbons (Fsp3) is 0.320. The number of anilines is 1. The second-order valence-electron chi connectivity index (χ2n) is 8.92. The SMILES string of the molecule is COc1ccc2c(c1)C(=O)N(C)C2.O=C1NC(=O)C(c2cc3nc(N4C(=O)CCC4CO)ccc3o2)N1. The van der Waals surface area contributed by atoms with E-state index in [1.165, 1.54) is 4.90 Å². The number of urea groups is 1. The number of aromatic nitrogens is 1. The summed E-state index contributed by atoms with van der Waals surface area (Å²) in [6, 6.07) is 8.70. The van der Waals surface area contributed by atoms with E-state index in [9.17, 15) is 24.3 Å². The summed E-state index contributed by atoms with van der Waals surface area (Å²) in [6.07, 6.45) is 0.954. The summed E-state index contributed by atoms with van der Waals surface area (Å²) in [7, 11) is 3.40. The Labute approximate surface area is 211 Å². The van der Waals surface area contributed by atoms with Crippen molar-refractivity contribution in [3.05, 3.63) is 53.3 Å². The van der Waals surface area contributed by atoms with Gasteiger partial charge < -0.3 is 24.5 Å². The molecule has 3 aliphatic heterocycles. The first-order chi connectivity index (χ1) is 17.8. The third-order valence-corrected chi connectivity index (χ3v) is 6.52. The molecule has 0 aliphatic carbocycles. The molecule has 12 nitrogen and oxygen atoms in total. The lowest BCUT2D eigenvalue weighted by atomic mass is 10.1. The highest BCUT2D eigenvalue weighted by Gasteiger charge is 2.35. The Bertz CT molecular complexity index is 1420. The summed E-state index contributed by atoms with van der Waals surface area (Å²) in [5.74, 6) is 0.929. The molecule has 2 aromatic heterocycles. The molecule has 37 heavy (non-hydrogen) atoms. The number of amides is 5. The van der Waals surface area contributed by atoms with Crippen LogP contribution in [-0.2, 0) is 16.1 Å². The van der Waals surface area contributed by atoms with E-state index in [0.29, 0.717) is 36.3 Å². The molecular weight excluding hydrogens is 482 g/mol.